The fourth-order valence-electron chi connectivity index (χ4n) is 3.19. The largest absolute Gasteiger partial charge is 0.496 e. The number of aromatic nitrogens is 4. The third-order valence-electron chi connectivity index (χ3n) is 4.48. The van der Waals surface area contributed by atoms with Crippen LogP contribution in [0.15, 0.2) is 64.3 Å². The van der Waals surface area contributed by atoms with Gasteiger partial charge in [-0.2, -0.15) is 4.68 Å². The minimum atomic E-state index is -0.489. The molecule has 9 heteroatoms. The number of hydrogen-bond donors (Lipinski definition) is 2. The van der Waals surface area contributed by atoms with E-state index in [-0.39, 0.29) is 5.91 Å². The maximum Gasteiger partial charge on any atom is 0.255 e. The lowest BCUT2D eigenvalue weighted by Crippen LogP contribution is -2.31. The van der Waals surface area contributed by atoms with Crippen molar-refractivity contribution < 1.29 is 9.53 Å². The van der Waals surface area contributed by atoms with E-state index in [1.807, 2.05) is 55.5 Å². The molecule has 0 saturated carbocycles. The highest BCUT2D eigenvalue weighted by atomic mass is 79.9. The van der Waals surface area contributed by atoms with E-state index in [1.54, 1.807) is 11.8 Å². The summed E-state index contributed by atoms with van der Waals surface area (Å²) in [6.45, 7) is 1.84. The summed E-state index contributed by atoms with van der Waals surface area (Å²) in [6.07, 6.45) is 0. The van der Waals surface area contributed by atoms with Crippen molar-refractivity contribution in [3.8, 4) is 5.75 Å². The number of hydrogen-bond acceptors (Lipinski definition) is 6. The number of ether oxygens (including phenoxy) is 1. The van der Waals surface area contributed by atoms with Crippen LogP contribution in [0.1, 0.15) is 18.5 Å². The van der Waals surface area contributed by atoms with Crippen LogP contribution in [0, 0.1) is 0 Å². The summed E-state index contributed by atoms with van der Waals surface area (Å²) in [5.74, 6) is 0.950. The molecule has 1 aromatic heterocycles. The van der Waals surface area contributed by atoms with Crippen LogP contribution in [-0.4, -0.2) is 33.2 Å². The number of carbonyl (C=O) groups is 1. The van der Waals surface area contributed by atoms with Gasteiger partial charge >= 0.3 is 0 Å². The Bertz CT molecular complexity index is 1060. The molecule has 1 atom stereocenters. The molecular weight excluding hydrogens is 424 g/mol. The lowest BCUT2D eigenvalue weighted by Gasteiger charge is -2.28. The van der Waals surface area contributed by atoms with E-state index in [2.05, 4.69) is 42.1 Å². The molecule has 142 valence electrons. The van der Waals surface area contributed by atoms with E-state index >= 15 is 0 Å². The van der Waals surface area contributed by atoms with Crippen LogP contribution in [0.2, 0.25) is 0 Å². The third-order valence-corrected chi connectivity index (χ3v) is 5.10. The van der Waals surface area contributed by atoms with Gasteiger partial charge in [-0.05, 0) is 63.1 Å². The molecule has 1 aliphatic heterocycles. The van der Waals surface area contributed by atoms with Gasteiger partial charge in [-0.15, -0.1) is 0 Å². The maximum absolute atomic E-state index is 13.2. The first-order valence-corrected chi connectivity index (χ1v) is 9.33. The van der Waals surface area contributed by atoms with Crippen molar-refractivity contribution >= 4 is 33.5 Å². The normalized spacial score (nSPS) is 15.6. The Hall–Kier alpha value is -3.20. The minimum Gasteiger partial charge on any atom is -0.496 e. The van der Waals surface area contributed by atoms with Gasteiger partial charge in [0.1, 0.15) is 11.8 Å². The van der Waals surface area contributed by atoms with Crippen LogP contribution in [0.4, 0.5) is 11.6 Å². The fraction of sp³-hybridized carbons (Fsp3) is 0.158. The first-order chi connectivity index (χ1) is 13.6. The van der Waals surface area contributed by atoms with E-state index < -0.39 is 6.04 Å². The molecule has 0 spiro atoms. The van der Waals surface area contributed by atoms with E-state index in [0.29, 0.717) is 28.7 Å². The first kappa shape index (κ1) is 18.2. The smallest absolute Gasteiger partial charge is 0.255 e. The zero-order valence-electron chi connectivity index (χ0n) is 15.2. The van der Waals surface area contributed by atoms with E-state index in [0.717, 1.165) is 10.0 Å². The Labute approximate surface area is 169 Å². The highest BCUT2D eigenvalue weighted by Crippen LogP contribution is 2.37. The molecule has 0 radical (unpaired) electrons. The molecule has 2 N–H and O–H groups in total. The number of carbonyl (C=O) groups excluding carboxylic acids is 1. The van der Waals surface area contributed by atoms with Gasteiger partial charge in [0.25, 0.3) is 5.91 Å². The molecule has 1 aliphatic rings. The first-order valence-electron chi connectivity index (χ1n) is 8.54. The summed E-state index contributed by atoms with van der Waals surface area (Å²) in [7, 11) is 1.60. The highest BCUT2D eigenvalue weighted by molar-refractivity contribution is 9.10. The van der Waals surface area contributed by atoms with Crippen molar-refractivity contribution in [2.75, 3.05) is 17.7 Å². The summed E-state index contributed by atoms with van der Waals surface area (Å²) in [4.78, 5) is 13.2. The zero-order valence-corrected chi connectivity index (χ0v) is 16.8. The molecule has 0 aliphatic carbocycles. The minimum absolute atomic E-state index is 0.228. The topological polar surface area (TPSA) is 94.0 Å². The quantitative estimate of drug-likeness (QED) is 0.645. The van der Waals surface area contributed by atoms with Gasteiger partial charge in [0.15, 0.2) is 0 Å². The Morgan fingerprint density at radius 2 is 2.04 bits per heavy atom. The summed E-state index contributed by atoms with van der Waals surface area (Å²) < 4.78 is 7.70. The number of para-hydroxylation sites is 1. The zero-order chi connectivity index (χ0) is 19.7. The van der Waals surface area contributed by atoms with Gasteiger partial charge in [0.05, 0.1) is 17.2 Å². The van der Waals surface area contributed by atoms with Crippen LogP contribution in [0.3, 0.4) is 0 Å². The summed E-state index contributed by atoms with van der Waals surface area (Å²) in [5.41, 5.74) is 2.78. The van der Waals surface area contributed by atoms with E-state index in [4.69, 9.17) is 4.74 Å². The SMILES string of the molecule is COc1ccc(C2C(C(=O)Nc3ccccc3)=C(C)Nc3nnnn32)cc1Br. The van der Waals surface area contributed by atoms with Gasteiger partial charge < -0.3 is 15.4 Å². The number of benzene rings is 2. The van der Waals surface area contributed by atoms with Crippen molar-refractivity contribution in [2.45, 2.75) is 13.0 Å². The predicted octanol–water partition coefficient (Wildman–Crippen LogP) is 3.37. The Morgan fingerprint density at radius 3 is 2.75 bits per heavy atom. The van der Waals surface area contributed by atoms with Gasteiger partial charge in [0.2, 0.25) is 5.95 Å². The van der Waals surface area contributed by atoms with Crippen molar-refractivity contribution in [1.82, 2.24) is 20.2 Å². The summed E-state index contributed by atoms with van der Waals surface area (Å²) >= 11 is 3.51. The molecule has 0 fully saturated rings. The lowest BCUT2D eigenvalue weighted by molar-refractivity contribution is -0.113. The molecule has 1 amide bonds. The van der Waals surface area contributed by atoms with Gasteiger partial charge in [-0.3, -0.25) is 4.79 Å². The predicted molar refractivity (Wildman–Crippen MR) is 108 cm³/mol. The monoisotopic (exact) mass is 440 g/mol. The fourth-order valence-corrected chi connectivity index (χ4v) is 3.75. The number of allylic oxidation sites excluding steroid dienone is 1. The highest BCUT2D eigenvalue weighted by Gasteiger charge is 2.34. The molecule has 2 heterocycles. The second kappa shape index (κ2) is 7.43. The van der Waals surface area contributed by atoms with Gasteiger partial charge in [-0.1, -0.05) is 29.4 Å². The molecule has 0 bridgehead atoms. The number of fused-ring (bicyclic) bond motifs is 1. The van der Waals surface area contributed by atoms with Crippen LogP contribution in [0.5, 0.6) is 5.75 Å². The number of nitrogens with one attached hydrogen (secondary N) is 2. The molecule has 0 saturated heterocycles. The molecule has 1 unspecified atom stereocenters. The molecule has 2 aromatic carbocycles. The van der Waals surface area contributed by atoms with Gasteiger partial charge in [0, 0.05) is 11.4 Å². The molecule has 8 nitrogen and oxygen atoms in total. The Morgan fingerprint density at radius 1 is 1.25 bits per heavy atom. The summed E-state index contributed by atoms with van der Waals surface area (Å²) in [6, 6.07) is 14.5. The van der Waals surface area contributed by atoms with Crippen molar-refractivity contribution in [3.63, 3.8) is 0 Å². The van der Waals surface area contributed by atoms with Crippen molar-refractivity contribution in [1.29, 1.82) is 0 Å². The number of anilines is 2. The standard InChI is InChI=1S/C19H17BrN6O2/c1-11-16(18(27)22-13-6-4-3-5-7-13)17(26-19(21-11)23-24-25-26)12-8-9-15(28-2)14(20)10-12/h3-10,17H,1-2H3,(H,22,27)(H,21,23,25). The molecule has 28 heavy (non-hydrogen) atoms. The third kappa shape index (κ3) is 3.24. The molecular formula is C19H17BrN6O2. The lowest BCUT2D eigenvalue weighted by atomic mass is 9.95. The average molecular weight is 441 g/mol. The van der Waals surface area contributed by atoms with E-state index in [9.17, 15) is 4.79 Å². The second-order valence-electron chi connectivity index (χ2n) is 6.23. The van der Waals surface area contributed by atoms with Gasteiger partial charge in [-0.25, -0.2) is 0 Å². The van der Waals surface area contributed by atoms with Crippen LogP contribution >= 0.6 is 15.9 Å². The number of amides is 1. The number of nitrogens with zero attached hydrogens (tertiary/aromatic N) is 4. The number of halogens is 1. The number of rotatable bonds is 4. The Balaban J connectivity index is 1.78. The number of tetrazole rings is 1. The van der Waals surface area contributed by atoms with Crippen molar-refractivity contribution in [2.24, 2.45) is 0 Å². The molecule has 3 aromatic rings. The van der Waals surface area contributed by atoms with Crippen LogP contribution in [-0.2, 0) is 4.79 Å². The van der Waals surface area contributed by atoms with Crippen molar-refractivity contribution in [3.05, 3.63) is 69.8 Å². The summed E-state index contributed by atoms with van der Waals surface area (Å²) in [5, 5.41) is 17.9. The maximum atomic E-state index is 13.2. The van der Waals surface area contributed by atoms with E-state index in [1.165, 1.54) is 0 Å². The Kier molecular flexibility index (Phi) is 4.82. The van der Waals surface area contributed by atoms with Crippen LogP contribution in [0.25, 0.3) is 0 Å². The second-order valence-corrected chi connectivity index (χ2v) is 7.08. The average Bonchev–Trinajstić information content (AvgIpc) is 3.15. The molecule has 4 rings (SSSR count). The number of methoxy groups -OCH3 is 1. The van der Waals surface area contributed by atoms with Crippen LogP contribution < -0.4 is 15.4 Å².